The number of nitrogens with zero attached hydrogens (tertiary/aromatic N) is 4. The van der Waals surface area contributed by atoms with Crippen LogP contribution in [0.5, 0.6) is 11.5 Å². The predicted octanol–water partition coefficient (Wildman–Crippen LogP) is 4.32. The largest absolute Gasteiger partial charge is 0.496 e. The minimum absolute atomic E-state index is 0.153. The Bertz CT molecular complexity index is 2040. The number of pyridine rings is 1. The van der Waals surface area contributed by atoms with Crippen molar-refractivity contribution in [2.75, 3.05) is 20.7 Å². The Morgan fingerprint density at radius 3 is 2.58 bits per heavy atom. The highest BCUT2D eigenvalue weighted by molar-refractivity contribution is 7.91. The summed E-state index contributed by atoms with van der Waals surface area (Å²) in [6.45, 7) is 6.64. The molecule has 4 aliphatic rings. The van der Waals surface area contributed by atoms with Crippen LogP contribution in [0.3, 0.4) is 0 Å². The van der Waals surface area contributed by atoms with E-state index in [1.165, 1.54) is 0 Å². The van der Waals surface area contributed by atoms with E-state index < -0.39 is 50.6 Å². The molecule has 3 amide bonds. The number of aryl methyl sites for hydroxylation is 1. The summed E-state index contributed by atoms with van der Waals surface area (Å²) < 4.78 is 41.9. The smallest absolute Gasteiger partial charge is 0.259 e. The van der Waals surface area contributed by atoms with Gasteiger partial charge in [0.2, 0.25) is 21.8 Å². The zero-order valence-corrected chi connectivity index (χ0v) is 31.2. The number of sulfonamides is 1. The summed E-state index contributed by atoms with van der Waals surface area (Å²) in [5.74, 6) is -1.18. The molecule has 2 N–H and O–H groups in total. The molecule has 1 aromatic carbocycles. The van der Waals surface area contributed by atoms with Crippen molar-refractivity contribution in [3.63, 3.8) is 0 Å². The molecule has 0 unspecified atom stereocenters. The maximum absolute atomic E-state index is 14.3. The van der Waals surface area contributed by atoms with Crippen molar-refractivity contribution in [1.29, 1.82) is 0 Å². The molecule has 13 nitrogen and oxygen atoms in total. The number of hydrogen-bond acceptors (Lipinski definition) is 9. The summed E-state index contributed by atoms with van der Waals surface area (Å²) in [5, 5.41) is 7.87. The molecule has 2 aromatic heterocycles. The van der Waals surface area contributed by atoms with E-state index in [4.69, 9.17) is 19.6 Å². The lowest BCUT2D eigenvalue weighted by Gasteiger charge is -2.26. The van der Waals surface area contributed by atoms with Crippen LogP contribution in [0.1, 0.15) is 82.4 Å². The molecule has 5 atom stereocenters. The second-order valence-corrected chi connectivity index (χ2v) is 17.1. The molecule has 7 rings (SSSR count). The van der Waals surface area contributed by atoms with Gasteiger partial charge in [0.1, 0.15) is 23.1 Å². The lowest BCUT2D eigenvalue weighted by molar-refractivity contribution is -0.140. The number of ether oxygens (including phenoxy) is 2. The van der Waals surface area contributed by atoms with Crippen molar-refractivity contribution in [3.8, 4) is 17.3 Å². The third-order valence-corrected chi connectivity index (χ3v) is 12.9. The van der Waals surface area contributed by atoms with Gasteiger partial charge in [-0.05, 0) is 82.4 Å². The van der Waals surface area contributed by atoms with Gasteiger partial charge in [-0.2, -0.15) is 5.10 Å². The molecule has 1 aliphatic heterocycles. The van der Waals surface area contributed by atoms with Gasteiger partial charge >= 0.3 is 0 Å². The molecule has 0 radical (unpaired) electrons. The number of methoxy groups -OCH3 is 1. The summed E-state index contributed by atoms with van der Waals surface area (Å²) in [5.41, 5.74) is 1.03. The van der Waals surface area contributed by atoms with E-state index in [0.29, 0.717) is 42.2 Å². The van der Waals surface area contributed by atoms with E-state index in [9.17, 15) is 22.8 Å². The average molecular weight is 733 g/mol. The molecule has 0 saturated heterocycles. The fourth-order valence-corrected chi connectivity index (χ4v) is 9.01. The van der Waals surface area contributed by atoms with Crippen LogP contribution in [0.15, 0.2) is 42.6 Å². The van der Waals surface area contributed by atoms with Gasteiger partial charge in [0.25, 0.3) is 5.91 Å². The van der Waals surface area contributed by atoms with E-state index in [1.54, 1.807) is 23.7 Å². The maximum atomic E-state index is 14.3. The molecular weight excluding hydrogens is 685 g/mol. The molecule has 0 spiro atoms. The zero-order chi connectivity index (χ0) is 36.9. The van der Waals surface area contributed by atoms with Gasteiger partial charge in [0.15, 0.2) is 5.82 Å². The highest BCUT2D eigenvalue weighted by atomic mass is 32.2. The Morgan fingerprint density at radius 2 is 1.87 bits per heavy atom. The van der Waals surface area contributed by atoms with Gasteiger partial charge in [0, 0.05) is 42.7 Å². The Balaban J connectivity index is 1.21. The van der Waals surface area contributed by atoms with Gasteiger partial charge < -0.3 is 19.7 Å². The third-order valence-electron chi connectivity index (χ3n) is 11.1. The Morgan fingerprint density at radius 1 is 1.10 bits per heavy atom. The SMILES string of the molecule is COc1ccc2c(O[C@@H]3C[C@H]4C(=O)N[C@]5(C(=O)NS(=O)(=O)C6CC6)C[C@H]5C=CCCCCN(C)C(=O)[C@@H]4C3)cc(-n3ccc(C(C)C)n3)nc2c1C. The second-order valence-electron chi connectivity index (χ2n) is 15.2. The molecule has 0 bridgehead atoms. The van der Waals surface area contributed by atoms with Crippen LogP contribution in [0.25, 0.3) is 16.7 Å². The topological polar surface area (TPSA) is 162 Å². The van der Waals surface area contributed by atoms with E-state index in [-0.39, 0.29) is 37.0 Å². The number of hydrogen-bond donors (Lipinski definition) is 2. The number of aromatic nitrogens is 3. The first kappa shape index (κ1) is 35.9. The lowest BCUT2D eigenvalue weighted by Crippen LogP contribution is -2.54. The summed E-state index contributed by atoms with van der Waals surface area (Å²) in [7, 11) is -0.458. The Hall–Kier alpha value is -4.46. The molecular formula is C38H48N6O7S. The highest BCUT2D eigenvalue weighted by Crippen LogP contribution is 2.47. The summed E-state index contributed by atoms with van der Waals surface area (Å²) in [6.07, 6.45) is 9.42. The van der Waals surface area contributed by atoms with Crippen molar-refractivity contribution in [1.82, 2.24) is 29.7 Å². The van der Waals surface area contributed by atoms with Gasteiger partial charge in [-0.25, -0.2) is 18.1 Å². The van der Waals surface area contributed by atoms with Crippen LogP contribution in [0.2, 0.25) is 0 Å². The van der Waals surface area contributed by atoms with Crippen LogP contribution >= 0.6 is 0 Å². The summed E-state index contributed by atoms with van der Waals surface area (Å²) in [6, 6.07) is 7.55. The minimum Gasteiger partial charge on any atom is -0.496 e. The molecule has 52 heavy (non-hydrogen) atoms. The quantitative estimate of drug-likeness (QED) is 0.322. The van der Waals surface area contributed by atoms with Crippen molar-refractivity contribution in [2.45, 2.75) is 94.9 Å². The lowest BCUT2D eigenvalue weighted by atomic mass is 9.93. The van der Waals surface area contributed by atoms with E-state index in [1.807, 2.05) is 49.5 Å². The number of carbonyl (C=O) groups is 3. The third kappa shape index (κ3) is 6.89. The summed E-state index contributed by atoms with van der Waals surface area (Å²) >= 11 is 0. The number of carbonyl (C=O) groups excluding carboxylic acids is 3. The predicted molar refractivity (Wildman–Crippen MR) is 195 cm³/mol. The van der Waals surface area contributed by atoms with E-state index >= 15 is 0 Å². The first-order valence-electron chi connectivity index (χ1n) is 18.3. The van der Waals surface area contributed by atoms with Crippen molar-refractivity contribution in [2.24, 2.45) is 17.8 Å². The van der Waals surface area contributed by atoms with Crippen LogP contribution in [0, 0.1) is 24.7 Å². The summed E-state index contributed by atoms with van der Waals surface area (Å²) in [4.78, 5) is 48.6. The standard InChI is InChI=1S/C38H48N6O7S/c1-22(2)30-15-17-44(41-30)33-20-32(27-13-14-31(50-5)23(3)34(27)39-33)51-25-18-28-29(19-25)36(46)43(4)16-9-7-6-8-10-24-21-38(24,40-35(28)45)37(47)42-52(48,49)26-11-12-26/h8,10,13-15,17,20,22,24-26,28-29H,6-7,9,11-12,16,18-19,21H2,1-5H3,(H,40,45)(H,42,47)/t24-,25-,28-,29-,38-/m1/s1. The van der Waals surface area contributed by atoms with Crippen LogP contribution in [-0.2, 0) is 24.4 Å². The first-order chi connectivity index (χ1) is 24.8. The minimum atomic E-state index is -3.83. The number of fused-ring (bicyclic) bond motifs is 3. The van der Waals surface area contributed by atoms with E-state index in [0.717, 1.165) is 35.9 Å². The monoisotopic (exact) mass is 732 g/mol. The average Bonchev–Trinajstić information content (AvgIpc) is 3.98. The van der Waals surface area contributed by atoms with Crippen LogP contribution in [0.4, 0.5) is 0 Å². The zero-order valence-electron chi connectivity index (χ0n) is 30.4. The normalized spacial score (nSPS) is 26.8. The van der Waals surface area contributed by atoms with Crippen LogP contribution < -0.4 is 19.5 Å². The van der Waals surface area contributed by atoms with Gasteiger partial charge in [-0.15, -0.1) is 0 Å². The fourth-order valence-electron chi connectivity index (χ4n) is 7.65. The Labute approximate surface area is 304 Å². The fraction of sp³-hybridized carbons (Fsp3) is 0.553. The number of amides is 3. The first-order valence-corrected chi connectivity index (χ1v) is 19.9. The molecule has 278 valence electrons. The molecule has 3 heterocycles. The van der Waals surface area contributed by atoms with Gasteiger partial charge in [0.05, 0.1) is 35.4 Å². The van der Waals surface area contributed by atoms with Crippen molar-refractivity contribution < 1.29 is 32.3 Å². The number of rotatable bonds is 8. The number of allylic oxidation sites excluding steroid dienone is 1. The van der Waals surface area contributed by atoms with Crippen LogP contribution in [-0.4, -0.2) is 83.4 Å². The van der Waals surface area contributed by atoms with Crippen molar-refractivity contribution in [3.05, 3.63) is 53.9 Å². The number of nitrogens with one attached hydrogen (secondary N) is 2. The Kier molecular flexibility index (Phi) is 9.55. The van der Waals surface area contributed by atoms with Gasteiger partial charge in [-0.1, -0.05) is 26.0 Å². The second kappa shape index (κ2) is 13.8. The molecule has 3 aromatic rings. The molecule has 14 heteroatoms. The van der Waals surface area contributed by atoms with Crippen molar-refractivity contribution >= 4 is 38.6 Å². The van der Waals surface area contributed by atoms with E-state index in [2.05, 4.69) is 23.9 Å². The maximum Gasteiger partial charge on any atom is 0.259 e. The molecule has 3 aliphatic carbocycles. The molecule has 3 fully saturated rings. The van der Waals surface area contributed by atoms with Gasteiger partial charge in [-0.3, -0.25) is 19.1 Å². The number of benzene rings is 1. The highest BCUT2D eigenvalue weighted by Gasteiger charge is 2.62. The molecule has 3 saturated carbocycles.